The highest BCUT2D eigenvalue weighted by Crippen LogP contribution is 2.64. The molecule has 0 radical (unpaired) electrons. The normalized spacial score (nSPS) is 14.1. The fourth-order valence-electron chi connectivity index (χ4n) is 11.2. The van der Waals surface area contributed by atoms with E-state index in [-0.39, 0.29) is 0 Å². The van der Waals surface area contributed by atoms with Crippen LogP contribution in [0.25, 0.3) is 66.4 Å². The zero-order chi connectivity index (χ0) is 41.5. The van der Waals surface area contributed by atoms with Crippen LogP contribution < -0.4 is 4.90 Å². The lowest BCUT2D eigenvalue weighted by molar-refractivity contribution is 0.794. The minimum Gasteiger partial charge on any atom is -0.310 e. The monoisotopic (exact) mass is 802 g/mol. The van der Waals surface area contributed by atoms with Crippen LogP contribution in [0.15, 0.2) is 231 Å². The molecule has 0 aliphatic heterocycles. The maximum Gasteiger partial charge on any atom is 0.0726 e. The molecule has 3 aliphatic rings. The van der Waals surface area contributed by atoms with Gasteiger partial charge in [-0.1, -0.05) is 164 Å². The lowest BCUT2D eigenvalue weighted by Gasteiger charge is -2.31. The number of hydrogen-bond acceptors (Lipinski definition) is 1. The van der Waals surface area contributed by atoms with Crippen LogP contribution in [0.3, 0.4) is 0 Å². The van der Waals surface area contributed by atoms with E-state index in [1.54, 1.807) is 0 Å². The van der Waals surface area contributed by atoms with Gasteiger partial charge in [-0.05, 0) is 141 Å². The van der Waals surface area contributed by atoms with E-state index in [1.807, 2.05) is 0 Å². The van der Waals surface area contributed by atoms with Crippen LogP contribution in [0.4, 0.5) is 17.1 Å². The first-order valence-corrected chi connectivity index (χ1v) is 22.2. The van der Waals surface area contributed by atoms with Crippen molar-refractivity contribution in [2.75, 3.05) is 4.90 Å². The molecule has 2 nitrogen and oxygen atoms in total. The van der Waals surface area contributed by atoms with E-state index < -0.39 is 5.41 Å². The van der Waals surface area contributed by atoms with Crippen molar-refractivity contribution in [2.24, 2.45) is 0 Å². The van der Waals surface area contributed by atoms with Gasteiger partial charge in [-0.15, -0.1) is 0 Å². The van der Waals surface area contributed by atoms with Gasteiger partial charge < -0.3 is 9.47 Å². The van der Waals surface area contributed by atoms with E-state index in [9.17, 15) is 0 Å². The Morgan fingerprint density at radius 2 is 0.952 bits per heavy atom. The van der Waals surface area contributed by atoms with Crippen molar-refractivity contribution in [2.45, 2.75) is 18.3 Å². The summed E-state index contributed by atoms with van der Waals surface area (Å²) in [5, 5.41) is 2.52. The van der Waals surface area contributed by atoms with Crippen LogP contribution in [0, 0.1) is 0 Å². The Labute approximate surface area is 368 Å². The highest BCUT2D eigenvalue weighted by atomic mass is 15.1. The van der Waals surface area contributed by atoms with E-state index >= 15 is 0 Å². The van der Waals surface area contributed by atoms with Crippen molar-refractivity contribution in [3.8, 4) is 39.1 Å². The highest BCUT2D eigenvalue weighted by Gasteiger charge is 2.52. The molecule has 9 aromatic carbocycles. The molecule has 0 N–H and O–H groups in total. The van der Waals surface area contributed by atoms with Gasteiger partial charge in [0.2, 0.25) is 0 Å². The van der Waals surface area contributed by atoms with E-state index in [1.165, 1.54) is 100.0 Å². The number of fused-ring (bicyclic) bond motifs is 13. The second-order valence-electron chi connectivity index (χ2n) is 17.1. The molecule has 0 fully saturated rings. The average molecular weight is 803 g/mol. The summed E-state index contributed by atoms with van der Waals surface area (Å²) in [6.45, 7) is 0. The van der Waals surface area contributed by atoms with E-state index in [0.717, 1.165) is 24.2 Å². The first-order chi connectivity index (χ1) is 31.3. The number of rotatable bonds is 6. The molecule has 0 saturated carbocycles. The maximum atomic E-state index is 2.46. The molecular weight excluding hydrogens is 761 g/mol. The van der Waals surface area contributed by atoms with Crippen molar-refractivity contribution >= 4 is 44.4 Å². The molecular formula is C61H42N2. The van der Waals surface area contributed by atoms with Gasteiger partial charge in [0.05, 0.1) is 22.1 Å². The molecule has 0 atom stereocenters. The van der Waals surface area contributed by atoms with Gasteiger partial charge in [0.1, 0.15) is 0 Å². The zero-order valence-electron chi connectivity index (χ0n) is 34.7. The van der Waals surface area contributed by atoms with Crippen LogP contribution in [0.2, 0.25) is 0 Å². The van der Waals surface area contributed by atoms with Gasteiger partial charge in [-0.25, -0.2) is 0 Å². The van der Waals surface area contributed by atoms with Crippen LogP contribution in [-0.2, 0) is 5.41 Å². The molecule has 10 aromatic rings. The summed E-state index contributed by atoms with van der Waals surface area (Å²) in [4.78, 5) is 2.46. The summed E-state index contributed by atoms with van der Waals surface area (Å²) in [5.41, 5.74) is 22.1. The van der Waals surface area contributed by atoms with Crippen LogP contribution in [0.1, 0.15) is 40.7 Å². The fourth-order valence-corrected chi connectivity index (χ4v) is 11.2. The van der Waals surface area contributed by atoms with Crippen molar-refractivity contribution < 1.29 is 0 Å². The van der Waals surface area contributed by atoms with Gasteiger partial charge in [0.25, 0.3) is 0 Å². The van der Waals surface area contributed by atoms with Crippen molar-refractivity contribution in [1.82, 2.24) is 4.57 Å². The van der Waals surface area contributed by atoms with Crippen molar-refractivity contribution in [3.05, 3.63) is 258 Å². The van der Waals surface area contributed by atoms with Crippen molar-refractivity contribution in [3.63, 3.8) is 0 Å². The minimum atomic E-state index is -0.408. The van der Waals surface area contributed by atoms with Gasteiger partial charge in [-0.3, -0.25) is 0 Å². The number of hydrogen-bond donors (Lipinski definition) is 0. The Hall–Kier alpha value is -7.94. The van der Waals surface area contributed by atoms with Crippen molar-refractivity contribution in [1.29, 1.82) is 0 Å². The molecule has 0 bridgehead atoms. The second kappa shape index (κ2) is 14.1. The Morgan fingerprint density at radius 3 is 1.62 bits per heavy atom. The van der Waals surface area contributed by atoms with Gasteiger partial charge in [-0.2, -0.15) is 0 Å². The Balaban J connectivity index is 0.967. The number of anilines is 3. The first kappa shape index (κ1) is 35.8. The summed E-state index contributed by atoms with van der Waals surface area (Å²) >= 11 is 0. The molecule has 296 valence electrons. The zero-order valence-corrected chi connectivity index (χ0v) is 34.7. The molecule has 1 aromatic heterocycles. The Bertz CT molecular complexity index is 3450. The van der Waals surface area contributed by atoms with E-state index in [2.05, 4.69) is 240 Å². The molecule has 13 rings (SSSR count). The first-order valence-electron chi connectivity index (χ1n) is 22.2. The Morgan fingerprint density at radius 1 is 0.413 bits per heavy atom. The standard InChI is InChI=1S/C61H42N2/c1-4-17-41(18-5-1)43-33-37-57-51(39-43)52-40-44(34-38-58(52)63(57)46-21-8-3-9-22-46)42-31-35-47(36-32-42)62(45-19-6-2-7-20-45)59-30-16-29-56-60(59)50-25-12-15-28-55(50)61(56)53-26-13-10-23-48(53)49-24-11-14-27-54(49)61/h2-4,6-40H,1,5H2. The summed E-state index contributed by atoms with van der Waals surface area (Å²) in [7, 11) is 0. The molecule has 1 heterocycles. The predicted molar refractivity (Wildman–Crippen MR) is 264 cm³/mol. The average Bonchev–Trinajstić information content (AvgIpc) is 3.97. The summed E-state index contributed by atoms with van der Waals surface area (Å²) < 4.78 is 2.41. The van der Waals surface area contributed by atoms with Crippen LogP contribution in [0.5, 0.6) is 0 Å². The highest BCUT2D eigenvalue weighted by molar-refractivity contribution is 6.11. The minimum absolute atomic E-state index is 0.408. The molecule has 0 amide bonds. The molecule has 0 unspecified atom stereocenters. The molecule has 0 saturated heterocycles. The molecule has 2 heteroatoms. The van der Waals surface area contributed by atoms with Gasteiger partial charge in [0, 0.05) is 33.4 Å². The number of para-hydroxylation sites is 2. The summed E-state index contributed by atoms with van der Waals surface area (Å²) in [5.74, 6) is 0. The SMILES string of the molecule is C1=CC(c2ccc3c(c2)c2cc(-c4ccc(N(c5ccccc5)c5cccc6c5-c5ccccc5C65c6ccccc6-c6ccccc65)cc4)ccc2n3-c2ccccc2)=CCC1. The Kier molecular flexibility index (Phi) is 7.98. The fraction of sp³-hybridized carbons (Fsp3) is 0.0492. The predicted octanol–water partition coefficient (Wildman–Crippen LogP) is 16.0. The number of benzene rings is 9. The largest absolute Gasteiger partial charge is 0.310 e. The van der Waals surface area contributed by atoms with Gasteiger partial charge >= 0.3 is 0 Å². The summed E-state index contributed by atoms with van der Waals surface area (Å²) in [6.07, 6.45) is 9.14. The molecule has 1 spiro atoms. The molecule has 3 aliphatic carbocycles. The van der Waals surface area contributed by atoms with E-state index in [0.29, 0.717) is 0 Å². The lowest BCUT2D eigenvalue weighted by Crippen LogP contribution is -2.26. The second-order valence-corrected chi connectivity index (χ2v) is 17.1. The number of allylic oxidation sites excluding steroid dienone is 4. The quantitative estimate of drug-likeness (QED) is 0.163. The summed E-state index contributed by atoms with van der Waals surface area (Å²) in [6, 6.07) is 78.9. The third-order valence-electron chi connectivity index (χ3n) is 13.8. The third kappa shape index (κ3) is 5.25. The van der Waals surface area contributed by atoms with Crippen LogP contribution in [-0.4, -0.2) is 4.57 Å². The maximum absolute atomic E-state index is 2.46. The topological polar surface area (TPSA) is 8.17 Å². The molecule has 63 heavy (non-hydrogen) atoms. The van der Waals surface area contributed by atoms with E-state index in [4.69, 9.17) is 0 Å². The lowest BCUT2D eigenvalue weighted by atomic mass is 9.70. The third-order valence-corrected chi connectivity index (χ3v) is 13.8. The van der Waals surface area contributed by atoms with Gasteiger partial charge in [0.15, 0.2) is 0 Å². The smallest absolute Gasteiger partial charge is 0.0726 e. The number of nitrogens with zero attached hydrogens (tertiary/aromatic N) is 2. The van der Waals surface area contributed by atoms with Crippen LogP contribution >= 0.6 is 0 Å². The number of aromatic nitrogens is 1.